The molecule has 1 heterocycles. The molecule has 0 aliphatic carbocycles. The fourth-order valence-corrected chi connectivity index (χ4v) is 4.94. The number of methoxy groups -OCH3 is 3. The molecule has 0 atom stereocenters. The van der Waals surface area contributed by atoms with Gasteiger partial charge in [-0.15, -0.1) is 6.58 Å². The number of aryl methyl sites for hydroxylation is 2. The van der Waals surface area contributed by atoms with E-state index in [-0.39, 0.29) is 11.4 Å². The van der Waals surface area contributed by atoms with Gasteiger partial charge in [-0.2, -0.15) is 0 Å². The van der Waals surface area contributed by atoms with Crippen LogP contribution in [0.3, 0.4) is 0 Å². The minimum Gasteiger partial charge on any atom is -0.497 e. The third-order valence-corrected chi connectivity index (χ3v) is 6.88. The first kappa shape index (κ1) is 29.1. The lowest BCUT2D eigenvalue weighted by molar-refractivity contribution is 0.0598. The van der Waals surface area contributed by atoms with Crippen LogP contribution in [0.5, 0.6) is 11.5 Å². The van der Waals surface area contributed by atoms with Gasteiger partial charge in [0, 0.05) is 13.1 Å². The van der Waals surface area contributed by atoms with E-state index in [0.717, 1.165) is 39.3 Å². The molecule has 0 aliphatic heterocycles. The van der Waals surface area contributed by atoms with Crippen molar-refractivity contribution in [1.82, 2.24) is 9.55 Å². The first-order valence-corrected chi connectivity index (χ1v) is 13.2. The Labute approximate surface area is 240 Å². The lowest BCUT2D eigenvalue weighted by Crippen LogP contribution is -2.33. The van der Waals surface area contributed by atoms with Crippen molar-refractivity contribution in [3.05, 3.63) is 123 Å². The molecule has 8 heteroatoms. The topological polar surface area (TPSA) is 82.9 Å². The molecule has 0 spiro atoms. The molecule has 0 saturated heterocycles. The summed E-state index contributed by atoms with van der Waals surface area (Å²) in [4.78, 5) is 33.8. The number of ether oxygens (including phenoxy) is 3. The highest BCUT2D eigenvalue weighted by molar-refractivity contribution is 5.94. The number of carbonyl (C=O) groups excluding carboxylic acids is 1. The molecule has 0 amide bonds. The fourth-order valence-electron chi connectivity index (χ4n) is 4.94. The van der Waals surface area contributed by atoms with Crippen molar-refractivity contribution in [3.63, 3.8) is 0 Å². The van der Waals surface area contributed by atoms with Gasteiger partial charge in [-0.05, 0) is 72.4 Å². The van der Waals surface area contributed by atoms with Crippen LogP contribution < -0.4 is 19.9 Å². The highest BCUT2D eigenvalue weighted by Gasteiger charge is 2.26. The van der Waals surface area contributed by atoms with Crippen LogP contribution in [0.1, 0.15) is 38.2 Å². The summed E-state index contributed by atoms with van der Waals surface area (Å²) in [6, 6.07) is 19.3. The molecule has 0 bridgehead atoms. The van der Waals surface area contributed by atoms with Gasteiger partial charge < -0.3 is 19.1 Å². The lowest BCUT2D eigenvalue weighted by Gasteiger charge is -2.26. The summed E-state index contributed by atoms with van der Waals surface area (Å²) in [6.07, 6.45) is 4.04. The Morgan fingerprint density at radius 1 is 0.878 bits per heavy atom. The molecule has 0 aliphatic rings. The second-order valence-corrected chi connectivity index (χ2v) is 9.73. The molecule has 4 aromatic rings. The van der Waals surface area contributed by atoms with Crippen molar-refractivity contribution in [1.29, 1.82) is 0 Å². The van der Waals surface area contributed by atoms with Gasteiger partial charge in [0.05, 0.1) is 27.0 Å². The molecule has 41 heavy (non-hydrogen) atoms. The molecule has 0 N–H and O–H groups in total. The molecule has 4 rings (SSSR count). The van der Waals surface area contributed by atoms with Crippen LogP contribution in [0.15, 0.2) is 84.4 Å². The first-order chi connectivity index (χ1) is 19.8. The second-order valence-electron chi connectivity index (χ2n) is 9.73. The van der Waals surface area contributed by atoms with Gasteiger partial charge in [-0.25, -0.2) is 9.78 Å². The Morgan fingerprint density at radius 2 is 1.39 bits per heavy atom. The van der Waals surface area contributed by atoms with Crippen molar-refractivity contribution >= 4 is 11.8 Å². The maximum Gasteiger partial charge on any atom is 0.347 e. The van der Waals surface area contributed by atoms with E-state index < -0.39 is 11.5 Å². The smallest absolute Gasteiger partial charge is 0.347 e. The van der Waals surface area contributed by atoms with Crippen LogP contribution in [-0.4, -0.2) is 36.8 Å². The maximum absolute atomic E-state index is 14.0. The van der Waals surface area contributed by atoms with Crippen molar-refractivity contribution in [2.24, 2.45) is 0 Å². The van der Waals surface area contributed by atoms with Crippen LogP contribution >= 0.6 is 0 Å². The molecular formula is C33H35N3O5. The zero-order chi connectivity index (χ0) is 29.5. The summed E-state index contributed by atoms with van der Waals surface area (Å²) >= 11 is 0. The number of anilines is 1. The third-order valence-electron chi connectivity index (χ3n) is 6.88. The number of benzene rings is 3. The molecule has 212 valence electrons. The number of aromatic nitrogens is 2. The van der Waals surface area contributed by atoms with Crippen LogP contribution in [-0.2, 0) is 24.2 Å². The number of hydrogen-bond acceptors (Lipinski definition) is 7. The third kappa shape index (κ3) is 6.49. The number of allylic oxidation sites excluding steroid dienone is 1. The van der Waals surface area contributed by atoms with Crippen LogP contribution in [0, 0.1) is 13.8 Å². The predicted molar refractivity (Wildman–Crippen MR) is 160 cm³/mol. The molecular weight excluding hydrogens is 518 g/mol. The van der Waals surface area contributed by atoms with E-state index in [0.29, 0.717) is 25.2 Å². The standard InChI is InChI=1S/C33H35N3O5/c1-7-8-26-17-22(2)30(23(3)18-26)36-21-34-31(29(32(36)37)33(38)41-6)35(19-24-9-13-27(39-4)14-10-24)20-25-11-15-28(40-5)16-12-25/h7,9-18,21H,1,8,19-20H2,2-6H3. The average Bonchev–Trinajstić information content (AvgIpc) is 2.97. The molecule has 0 saturated carbocycles. The minimum absolute atomic E-state index is 0.133. The summed E-state index contributed by atoms with van der Waals surface area (Å²) in [5.41, 5.74) is 4.82. The van der Waals surface area contributed by atoms with Gasteiger partial charge in [0.2, 0.25) is 0 Å². The molecule has 8 nitrogen and oxygen atoms in total. The Balaban J connectivity index is 1.86. The van der Waals surface area contributed by atoms with Gasteiger partial charge in [-0.1, -0.05) is 42.5 Å². The highest BCUT2D eigenvalue weighted by atomic mass is 16.5. The summed E-state index contributed by atoms with van der Waals surface area (Å²) in [5, 5.41) is 0. The monoisotopic (exact) mass is 553 g/mol. The highest BCUT2D eigenvalue weighted by Crippen LogP contribution is 2.26. The van der Waals surface area contributed by atoms with Crippen LogP contribution in [0.4, 0.5) is 5.82 Å². The van der Waals surface area contributed by atoms with Gasteiger partial charge in [-0.3, -0.25) is 9.36 Å². The second kappa shape index (κ2) is 13.0. The minimum atomic E-state index is -0.750. The zero-order valence-electron chi connectivity index (χ0n) is 24.1. The van der Waals surface area contributed by atoms with Crippen molar-refractivity contribution < 1.29 is 19.0 Å². The molecule has 0 radical (unpaired) electrons. The van der Waals surface area contributed by atoms with E-state index in [1.807, 2.05) is 85.5 Å². The number of nitrogens with zero attached hydrogens (tertiary/aromatic N) is 3. The van der Waals surface area contributed by atoms with Gasteiger partial charge >= 0.3 is 5.97 Å². The summed E-state index contributed by atoms with van der Waals surface area (Å²) < 4.78 is 17.1. The average molecular weight is 554 g/mol. The van der Waals surface area contributed by atoms with Crippen molar-refractivity contribution in [2.75, 3.05) is 26.2 Å². The van der Waals surface area contributed by atoms with E-state index >= 15 is 0 Å². The summed E-state index contributed by atoms with van der Waals surface area (Å²) in [5.74, 6) is 0.954. The summed E-state index contributed by atoms with van der Waals surface area (Å²) in [6.45, 7) is 8.45. The van der Waals surface area contributed by atoms with Crippen LogP contribution in [0.25, 0.3) is 5.69 Å². The molecule has 0 fully saturated rings. The number of hydrogen-bond donors (Lipinski definition) is 0. The SMILES string of the molecule is C=CCc1cc(C)c(-n2cnc(N(Cc3ccc(OC)cc3)Cc3ccc(OC)cc3)c(C(=O)OC)c2=O)c(C)c1. The van der Waals surface area contributed by atoms with Crippen molar-refractivity contribution in [2.45, 2.75) is 33.4 Å². The molecule has 3 aromatic carbocycles. The Bertz CT molecular complexity index is 1520. The Hall–Kier alpha value is -4.85. The number of rotatable bonds is 11. The number of carbonyl (C=O) groups is 1. The van der Waals surface area contributed by atoms with E-state index in [9.17, 15) is 9.59 Å². The van der Waals surface area contributed by atoms with E-state index in [1.54, 1.807) is 14.2 Å². The molecule has 0 unspecified atom stereocenters. The maximum atomic E-state index is 14.0. The quantitative estimate of drug-likeness (QED) is 0.177. The summed E-state index contributed by atoms with van der Waals surface area (Å²) in [7, 11) is 4.49. The Morgan fingerprint density at radius 3 is 1.83 bits per heavy atom. The normalized spacial score (nSPS) is 10.7. The zero-order valence-corrected chi connectivity index (χ0v) is 24.1. The Kier molecular flexibility index (Phi) is 9.24. The van der Waals surface area contributed by atoms with Gasteiger partial charge in [0.1, 0.15) is 17.8 Å². The van der Waals surface area contributed by atoms with E-state index in [4.69, 9.17) is 19.2 Å². The predicted octanol–water partition coefficient (Wildman–Crippen LogP) is 5.59. The van der Waals surface area contributed by atoms with Crippen molar-refractivity contribution in [3.8, 4) is 17.2 Å². The molecule has 1 aromatic heterocycles. The largest absolute Gasteiger partial charge is 0.497 e. The van der Waals surface area contributed by atoms with Gasteiger partial charge in [0.25, 0.3) is 5.56 Å². The first-order valence-electron chi connectivity index (χ1n) is 13.2. The van der Waals surface area contributed by atoms with Crippen LogP contribution in [0.2, 0.25) is 0 Å². The fraction of sp³-hybridized carbons (Fsp3) is 0.242. The van der Waals surface area contributed by atoms with E-state index in [2.05, 4.69) is 6.58 Å². The van der Waals surface area contributed by atoms with E-state index in [1.165, 1.54) is 18.0 Å². The number of esters is 1. The lowest BCUT2D eigenvalue weighted by atomic mass is 10.0. The van der Waals surface area contributed by atoms with Gasteiger partial charge in [0.15, 0.2) is 11.4 Å².